The van der Waals surface area contributed by atoms with E-state index in [-0.39, 0.29) is 11.2 Å². The van der Waals surface area contributed by atoms with Crippen molar-refractivity contribution in [1.82, 2.24) is 0 Å². The van der Waals surface area contributed by atoms with E-state index in [1.54, 1.807) is 0 Å². The predicted octanol–water partition coefficient (Wildman–Crippen LogP) is 4.22. The average Bonchev–Trinajstić information content (AvgIpc) is 2.45. The number of carbonyl (C=O) groups is 1. The van der Waals surface area contributed by atoms with Crippen molar-refractivity contribution in [2.75, 3.05) is 0 Å². The molecule has 0 unspecified atom stereocenters. The molecule has 0 amide bonds. The van der Waals surface area contributed by atoms with Gasteiger partial charge in [0.15, 0.2) is 0 Å². The lowest BCUT2D eigenvalue weighted by atomic mass is 9.86. The Bertz CT molecular complexity index is 647. The van der Waals surface area contributed by atoms with E-state index in [2.05, 4.69) is 32.6 Å². The maximum absolute atomic E-state index is 12.0. The second kappa shape index (κ2) is 5.75. The predicted molar refractivity (Wildman–Crippen MR) is 82.8 cm³/mol. The molecule has 20 heavy (non-hydrogen) atoms. The second-order valence-corrected chi connectivity index (χ2v) is 5.77. The maximum Gasteiger partial charge on any atom is 0.236 e. The van der Waals surface area contributed by atoms with Crippen molar-refractivity contribution in [2.24, 2.45) is 0 Å². The summed E-state index contributed by atoms with van der Waals surface area (Å²) in [6, 6.07) is 17.2. The van der Waals surface area contributed by atoms with Gasteiger partial charge >= 0.3 is 0 Å². The number of carbonyl (C=O) groups excluding carboxylic acids is 1. The number of ketones is 1. The van der Waals surface area contributed by atoms with Crippen LogP contribution in [-0.2, 0) is 5.41 Å². The van der Waals surface area contributed by atoms with Gasteiger partial charge in [0.05, 0.1) is 0 Å². The van der Waals surface area contributed by atoms with Gasteiger partial charge in [-0.2, -0.15) is 0 Å². The lowest BCUT2D eigenvalue weighted by molar-refractivity contribution is 0.105. The Kier molecular flexibility index (Phi) is 4.05. The Balaban J connectivity index is 2.17. The molecular formula is C19H18O. The van der Waals surface area contributed by atoms with Crippen LogP contribution in [0.3, 0.4) is 0 Å². The van der Waals surface area contributed by atoms with E-state index in [4.69, 9.17) is 0 Å². The summed E-state index contributed by atoms with van der Waals surface area (Å²) >= 11 is 0. The molecule has 0 bridgehead atoms. The first kappa shape index (κ1) is 14.1. The number of hydrogen-bond donors (Lipinski definition) is 0. The SMILES string of the molecule is CC(C)(C)c1ccc(C(=O)C#Cc2ccccc2)cc1. The molecule has 0 aliphatic rings. The van der Waals surface area contributed by atoms with E-state index < -0.39 is 0 Å². The van der Waals surface area contributed by atoms with Crippen LogP contribution in [0.2, 0.25) is 0 Å². The van der Waals surface area contributed by atoms with Crippen LogP contribution in [0.25, 0.3) is 0 Å². The van der Waals surface area contributed by atoms with Crippen molar-refractivity contribution in [3.05, 3.63) is 71.3 Å². The molecule has 0 atom stereocenters. The molecule has 0 saturated carbocycles. The smallest absolute Gasteiger partial charge is 0.236 e. The van der Waals surface area contributed by atoms with Crippen molar-refractivity contribution >= 4 is 5.78 Å². The third-order valence-electron chi connectivity index (χ3n) is 3.11. The fourth-order valence-corrected chi connectivity index (χ4v) is 1.84. The summed E-state index contributed by atoms with van der Waals surface area (Å²) in [6.07, 6.45) is 0. The van der Waals surface area contributed by atoms with Gasteiger partial charge in [0, 0.05) is 11.1 Å². The molecule has 2 aromatic rings. The molecule has 0 heterocycles. The summed E-state index contributed by atoms with van der Waals surface area (Å²) in [5.41, 5.74) is 2.80. The zero-order valence-corrected chi connectivity index (χ0v) is 12.1. The molecule has 2 rings (SSSR count). The van der Waals surface area contributed by atoms with Crippen LogP contribution >= 0.6 is 0 Å². The van der Waals surface area contributed by atoms with Gasteiger partial charge in [0.1, 0.15) is 0 Å². The summed E-state index contributed by atoms with van der Waals surface area (Å²) in [7, 11) is 0. The quantitative estimate of drug-likeness (QED) is 0.555. The molecule has 0 radical (unpaired) electrons. The number of hydrogen-bond acceptors (Lipinski definition) is 1. The van der Waals surface area contributed by atoms with Gasteiger partial charge in [-0.05, 0) is 29.0 Å². The van der Waals surface area contributed by atoms with E-state index >= 15 is 0 Å². The highest BCUT2D eigenvalue weighted by atomic mass is 16.1. The first-order valence-electron chi connectivity index (χ1n) is 6.69. The largest absolute Gasteiger partial charge is 0.279 e. The topological polar surface area (TPSA) is 17.1 Å². The monoisotopic (exact) mass is 262 g/mol. The minimum atomic E-state index is -0.144. The van der Waals surface area contributed by atoms with Crippen LogP contribution in [0.1, 0.15) is 42.3 Å². The van der Waals surface area contributed by atoms with Gasteiger partial charge in [0.25, 0.3) is 0 Å². The van der Waals surface area contributed by atoms with Crippen molar-refractivity contribution in [3.63, 3.8) is 0 Å². The fourth-order valence-electron chi connectivity index (χ4n) is 1.84. The molecule has 1 nitrogen and oxygen atoms in total. The van der Waals surface area contributed by atoms with Crippen LogP contribution in [0.4, 0.5) is 0 Å². The number of Topliss-reactive ketones (excluding diaryl/α,β-unsaturated/α-hetero) is 1. The van der Waals surface area contributed by atoms with E-state index in [1.165, 1.54) is 5.56 Å². The lowest BCUT2D eigenvalue weighted by Gasteiger charge is -2.18. The van der Waals surface area contributed by atoms with Crippen LogP contribution in [0.15, 0.2) is 54.6 Å². The Hall–Kier alpha value is -2.33. The van der Waals surface area contributed by atoms with Crippen LogP contribution in [0.5, 0.6) is 0 Å². The molecule has 0 fully saturated rings. The molecule has 0 aromatic heterocycles. The van der Waals surface area contributed by atoms with Crippen molar-refractivity contribution in [1.29, 1.82) is 0 Å². The van der Waals surface area contributed by atoms with Gasteiger partial charge < -0.3 is 0 Å². The molecule has 0 N–H and O–H groups in total. The molecule has 0 aliphatic carbocycles. The van der Waals surface area contributed by atoms with E-state index in [0.29, 0.717) is 5.56 Å². The van der Waals surface area contributed by atoms with Crippen LogP contribution < -0.4 is 0 Å². The maximum atomic E-state index is 12.0. The van der Waals surface area contributed by atoms with Gasteiger partial charge in [-0.3, -0.25) is 4.79 Å². The van der Waals surface area contributed by atoms with E-state index in [1.807, 2.05) is 54.6 Å². The second-order valence-electron chi connectivity index (χ2n) is 5.77. The van der Waals surface area contributed by atoms with Gasteiger partial charge in [0.2, 0.25) is 5.78 Å². The molecule has 2 aromatic carbocycles. The van der Waals surface area contributed by atoms with Gasteiger partial charge in [-0.25, -0.2) is 0 Å². The Morgan fingerprint density at radius 1 is 0.900 bits per heavy atom. The molecule has 1 heteroatoms. The lowest BCUT2D eigenvalue weighted by Crippen LogP contribution is -2.11. The van der Waals surface area contributed by atoms with Crippen LogP contribution in [0, 0.1) is 11.8 Å². The summed E-state index contributed by atoms with van der Waals surface area (Å²) in [6.45, 7) is 6.46. The third-order valence-corrected chi connectivity index (χ3v) is 3.11. The first-order chi connectivity index (χ1) is 9.47. The molecule has 100 valence electrons. The third kappa shape index (κ3) is 3.59. The number of rotatable bonds is 1. The summed E-state index contributed by atoms with van der Waals surface area (Å²) in [5.74, 6) is 5.43. The average molecular weight is 262 g/mol. The summed E-state index contributed by atoms with van der Waals surface area (Å²) < 4.78 is 0. The Morgan fingerprint density at radius 3 is 2.05 bits per heavy atom. The highest BCUT2D eigenvalue weighted by Gasteiger charge is 2.13. The highest BCUT2D eigenvalue weighted by molar-refractivity contribution is 6.09. The minimum Gasteiger partial charge on any atom is -0.279 e. The number of benzene rings is 2. The zero-order chi connectivity index (χ0) is 14.6. The highest BCUT2D eigenvalue weighted by Crippen LogP contribution is 2.22. The zero-order valence-electron chi connectivity index (χ0n) is 12.1. The minimum absolute atomic E-state index is 0.0945. The molecule has 0 aliphatic heterocycles. The summed E-state index contributed by atoms with van der Waals surface area (Å²) in [5, 5.41) is 0. The van der Waals surface area contributed by atoms with E-state index in [9.17, 15) is 4.79 Å². The molecule has 0 saturated heterocycles. The fraction of sp³-hybridized carbons (Fsp3) is 0.211. The first-order valence-corrected chi connectivity index (χ1v) is 6.69. The van der Waals surface area contributed by atoms with Crippen molar-refractivity contribution in [2.45, 2.75) is 26.2 Å². The summed E-state index contributed by atoms with van der Waals surface area (Å²) in [4.78, 5) is 12.0. The molecule has 0 spiro atoms. The van der Waals surface area contributed by atoms with E-state index in [0.717, 1.165) is 5.56 Å². The van der Waals surface area contributed by atoms with Crippen molar-refractivity contribution < 1.29 is 4.79 Å². The van der Waals surface area contributed by atoms with Crippen molar-refractivity contribution in [3.8, 4) is 11.8 Å². The van der Waals surface area contributed by atoms with Gasteiger partial charge in [-0.15, -0.1) is 0 Å². The standard InChI is InChI=1S/C19H18O/c1-19(2,3)17-12-10-16(11-13-17)18(20)14-9-15-7-5-4-6-8-15/h4-8,10-13H,1-3H3. The Labute approximate surface area is 120 Å². The normalized spacial score (nSPS) is 10.6. The Morgan fingerprint density at radius 2 is 1.50 bits per heavy atom. The van der Waals surface area contributed by atoms with Crippen LogP contribution in [-0.4, -0.2) is 5.78 Å². The molecular weight excluding hydrogens is 244 g/mol. The van der Waals surface area contributed by atoms with Gasteiger partial charge in [-0.1, -0.05) is 69.2 Å².